The molecule has 1 atom stereocenters. The first-order chi connectivity index (χ1) is 15.5. The van der Waals surface area contributed by atoms with Crippen molar-refractivity contribution < 1.29 is 18.7 Å². The van der Waals surface area contributed by atoms with Gasteiger partial charge in [0.25, 0.3) is 0 Å². The van der Waals surface area contributed by atoms with E-state index < -0.39 is 6.04 Å². The number of halogens is 2. The van der Waals surface area contributed by atoms with Crippen molar-refractivity contribution in [3.63, 3.8) is 0 Å². The molecule has 0 heterocycles. The Hall–Kier alpha value is -2.60. The lowest BCUT2D eigenvalue weighted by molar-refractivity contribution is -0.140. The monoisotopic (exact) mass is 460 g/mol. The van der Waals surface area contributed by atoms with Gasteiger partial charge >= 0.3 is 0 Å². The van der Waals surface area contributed by atoms with Crippen molar-refractivity contribution in [2.24, 2.45) is 0 Å². The number of alkyl halides is 1. The van der Waals surface area contributed by atoms with Gasteiger partial charge in [-0.05, 0) is 48.2 Å². The topological polar surface area (TPSA) is 58.6 Å². The molecule has 0 bridgehead atoms. The molecule has 3 rings (SSSR count). The van der Waals surface area contributed by atoms with Crippen LogP contribution in [0.15, 0.2) is 48.5 Å². The third-order valence-corrected chi connectivity index (χ3v) is 6.12. The molecule has 1 saturated carbocycles. The summed E-state index contributed by atoms with van der Waals surface area (Å²) in [5.41, 5.74) is 1.38. The number of methoxy groups -OCH3 is 1. The fraction of sp³-hybridized carbons (Fsp3) is 0.440. The molecule has 1 N–H and O–H groups in total. The maximum Gasteiger partial charge on any atom is 0.247 e. The molecule has 1 fully saturated rings. The molecular formula is C25H30ClFN2O3. The number of carbonyl (C=O) groups is 2. The summed E-state index contributed by atoms with van der Waals surface area (Å²) in [4.78, 5) is 27.9. The van der Waals surface area contributed by atoms with Crippen LogP contribution in [0.3, 0.4) is 0 Å². The summed E-state index contributed by atoms with van der Waals surface area (Å²) in [6.45, 7) is 0.139. The molecule has 5 nitrogen and oxygen atoms in total. The summed E-state index contributed by atoms with van der Waals surface area (Å²) in [5, 5.41) is 3.17. The van der Waals surface area contributed by atoms with Gasteiger partial charge in [0.2, 0.25) is 11.8 Å². The van der Waals surface area contributed by atoms with Gasteiger partial charge in [-0.1, -0.05) is 49.9 Å². The minimum absolute atomic E-state index is 0.0875. The number of carbonyl (C=O) groups excluding carboxylic acids is 2. The average Bonchev–Trinajstić information content (AvgIpc) is 3.08. The molecular weight excluding hydrogens is 431 g/mol. The van der Waals surface area contributed by atoms with Gasteiger partial charge < -0.3 is 15.0 Å². The van der Waals surface area contributed by atoms with E-state index in [1.54, 1.807) is 43.5 Å². The van der Waals surface area contributed by atoms with Crippen molar-refractivity contribution in [2.45, 2.75) is 57.2 Å². The third kappa shape index (κ3) is 6.45. The molecule has 0 aliphatic heterocycles. The lowest BCUT2D eigenvalue weighted by atomic mass is 10.0. The van der Waals surface area contributed by atoms with E-state index in [-0.39, 0.29) is 36.1 Å². The number of hydrogen-bond acceptors (Lipinski definition) is 3. The SMILES string of the molecule is COc1ccc([C@H](C(=O)NC2CCCCCC2)N(Cc2ccc(F)cc2)C(=O)CCl)cc1. The average molecular weight is 461 g/mol. The van der Waals surface area contributed by atoms with Crippen LogP contribution in [0, 0.1) is 5.82 Å². The number of hydrogen-bond donors (Lipinski definition) is 1. The quantitative estimate of drug-likeness (QED) is 0.446. The van der Waals surface area contributed by atoms with E-state index >= 15 is 0 Å². The van der Waals surface area contributed by atoms with Gasteiger partial charge in [0.05, 0.1) is 7.11 Å². The van der Waals surface area contributed by atoms with Gasteiger partial charge in [-0.3, -0.25) is 9.59 Å². The second kappa shape index (κ2) is 11.9. The van der Waals surface area contributed by atoms with Crippen LogP contribution < -0.4 is 10.1 Å². The number of benzene rings is 2. The van der Waals surface area contributed by atoms with Gasteiger partial charge in [0.15, 0.2) is 0 Å². The van der Waals surface area contributed by atoms with Gasteiger partial charge in [-0.25, -0.2) is 4.39 Å². The third-order valence-electron chi connectivity index (χ3n) is 5.89. The summed E-state index contributed by atoms with van der Waals surface area (Å²) in [6, 6.07) is 12.2. The minimum atomic E-state index is -0.861. The number of ether oxygens (including phenoxy) is 1. The summed E-state index contributed by atoms with van der Waals surface area (Å²) in [7, 11) is 1.57. The lowest BCUT2D eigenvalue weighted by Gasteiger charge is -2.32. The Labute approximate surface area is 193 Å². The predicted octanol–water partition coefficient (Wildman–Crippen LogP) is 4.98. The van der Waals surface area contributed by atoms with Gasteiger partial charge in [-0.2, -0.15) is 0 Å². The van der Waals surface area contributed by atoms with Crippen molar-refractivity contribution >= 4 is 23.4 Å². The summed E-state index contributed by atoms with van der Waals surface area (Å²) < 4.78 is 18.6. The molecule has 172 valence electrons. The molecule has 1 aliphatic rings. The first kappa shape index (κ1) is 24.1. The Morgan fingerprint density at radius 2 is 1.69 bits per heavy atom. The van der Waals surface area contributed by atoms with Crippen LogP contribution in [0.1, 0.15) is 55.7 Å². The summed E-state index contributed by atoms with van der Waals surface area (Å²) >= 11 is 5.93. The van der Waals surface area contributed by atoms with Crippen LogP contribution in [0.4, 0.5) is 4.39 Å². The van der Waals surface area contributed by atoms with Gasteiger partial charge in [0, 0.05) is 12.6 Å². The molecule has 0 aromatic heterocycles. The Balaban J connectivity index is 1.93. The van der Waals surface area contributed by atoms with Crippen molar-refractivity contribution in [3.8, 4) is 5.75 Å². The Morgan fingerprint density at radius 3 is 2.25 bits per heavy atom. The fourth-order valence-electron chi connectivity index (χ4n) is 4.15. The zero-order chi connectivity index (χ0) is 22.9. The molecule has 2 aromatic carbocycles. The zero-order valence-corrected chi connectivity index (χ0v) is 19.1. The zero-order valence-electron chi connectivity index (χ0n) is 18.4. The van der Waals surface area contributed by atoms with Crippen molar-refractivity contribution in [2.75, 3.05) is 13.0 Å². The minimum Gasteiger partial charge on any atom is -0.497 e. The molecule has 2 amide bonds. The molecule has 32 heavy (non-hydrogen) atoms. The maximum atomic E-state index is 13.5. The van der Waals surface area contributed by atoms with Crippen molar-refractivity contribution in [3.05, 3.63) is 65.5 Å². The smallest absolute Gasteiger partial charge is 0.247 e. The van der Waals surface area contributed by atoms with Crippen LogP contribution in [-0.4, -0.2) is 35.7 Å². The first-order valence-electron chi connectivity index (χ1n) is 11.1. The molecule has 0 saturated heterocycles. The highest BCUT2D eigenvalue weighted by Gasteiger charge is 2.32. The normalized spacial score (nSPS) is 15.5. The second-order valence-electron chi connectivity index (χ2n) is 8.15. The van der Waals surface area contributed by atoms with Crippen LogP contribution in [-0.2, 0) is 16.1 Å². The highest BCUT2D eigenvalue weighted by atomic mass is 35.5. The van der Waals surface area contributed by atoms with Crippen molar-refractivity contribution in [1.82, 2.24) is 10.2 Å². The van der Waals surface area contributed by atoms with Crippen LogP contribution in [0.5, 0.6) is 5.75 Å². The van der Waals surface area contributed by atoms with E-state index in [2.05, 4.69) is 5.32 Å². The van der Waals surface area contributed by atoms with Crippen LogP contribution in [0.25, 0.3) is 0 Å². The van der Waals surface area contributed by atoms with Crippen LogP contribution in [0.2, 0.25) is 0 Å². The van der Waals surface area contributed by atoms with Crippen molar-refractivity contribution in [1.29, 1.82) is 0 Å². The van der Waals surface area contributed by atoms with E-state index in [1.807, 2.05) is 0 Å². The molecule has 7 heteroatoms. The van der Waals surface area contributed by atoms with E-state index in [4.69, 9.17) is 16.3 Å². The summed E-state index contributed by atoms with van der Waals surface area (Å²) in [5.74, 6) is -0.562. The van der Waals surface area contributed by atoms with Gasteiger partial charge in [0.1, 0.15) is 23.5 Å². The molecule has 1 aliphatic carbocycles. The maximum absolute atomic E-state index is 13.5. The fourth-order valence-corrected chi connectivity index (χ4v) is 4.30. The predicted molar refractivity (Wildman–Crippen MR) is 123 cm³/mol. The number of rotatable bonds is 8. The first-order valence-corrected chi connectivity index (χ1v) is 11.6. The Morgan fingerprint density at radius 1 is 1.06 bits per heavy atom. The number of nitrogens with zero attached hydrogens (tertiary/aromatic N) is 1. The van der Waals surface area contributed by atoms with E-state index in [0.717, 1.165) is 25.7 Å². The molecule has 2 aromatic rings. The number of nitrogens with one attached hydrogen (secondary N) is 1. The Bertz CT molecular complexity index is 881. The molecule has 0 unspecified atom stereocenters. The Kier molecular flexibility index (Phi) is 8.91. The van der Waals surface area contributed by atoms with Crippen LogP contribution >= 0.6 is 11.6 Å². The largest absolute Gasteiger partial charge is 0.497 e. The molecule has 0 spiro atoms. The second-order valence-corrected chi connectivity index (χ2v) is 8.42. The van der Waals surface area contributed by atoms with E-state index in [1.165, 1.54) is 29.9 Å². The van der Waals surface area contributed by atoms with Gasteiger partial charge in [-0.15, -0.1) is 11.6 Å². The molecule has 0 radical (unpaired) electrons. The van der Waals surface area contributed by atoms with E-state index in [0.29, 0.717) is 16.9 Å². The van der Waals surface area contributed by atoms with E-state index in [9.17, 15) is 14.0 Å². The summed E-state index contributed by atoms with van der Waals surface area (Å²) in [6.07, 6.45) is 6.38. The highest BCUT2D eigenvalue weighted by molar-refractivity contribution is 6.27. The number of amides is 2. The lowest BCUT2D eigenvalue weighted by Crippen LogP contribution is -2.46. The standard InChI is InChI=1S/C25H30ClFN2O3/c1-32-22-14-10-19(11-15-22)24(25(31)28-21-6-4-2-3-5-7-21)29(23(30)16-26)17-18-8-12-20(27)13-9-18/h8-15,21,24H,2-7,16-17H2,1H3,(H,28,31)/t24-/m1/s1. The highest BCUT2D eigenvalue weighted by Crippen LogP contribution is 2.27.